The fourth-order valence-electron chi connectivity index (χ4n) is 4.37. The lowest BCUT2D eigenvalue weighted by molar-refractivity contribution is -0.157. The molecule has 30 heavy (non-hydrogen) atoms. The smallest absolute Gasteiger partial charge is 0.310 e. The molecule has 2 atom stereocenters. The van der Waals surface area contributed by atoms with Crippen molar-refractivity contribution in [2.24, 2.45) is 11.8 Å². The second kappa shape index (κ2) is 9.15. The molecule has 1 N–H and O–H groups in total. The molecule has 0 spiro atoms. The molecule has 1 saturated carbocycles. The predicted octanol–water partition coefficient (Wildman–Crippen LogP) is 2.83. The molecule has 0 bridgehead atoms. The van der Waals surface area contributed by atoms with Crippen LogP contribution in [0.5, 0.6) is 0 Å². The minimum absolute atomic E-state index is 0.0103. The average molecular weight is 410 g/mol. The molecule has 2 aliphatic rings. The Hall–Kier alpha value is -3.09. The number of benzene rings is 1. The van der Waals surface area contributed by atoms with Gasteiger partial charge in [-0.15, -0.1) is 0 Å². The van der Waals surface area contributed by atoms with Crippen molar-refractivity contribution in [1.29, 1.82) is 0 Å². The highest BCUT2D eigenvalue weighted by Gasteiger charge is 2.40. The predicted molar refractivity (Wildman–Crippen MR) is 109 cm³/mol. The number of esters is 1. The van der Waals surface area contributed by atoms with Crippen molar-refractivity contribution in [2.45, 2.75) is 38.6 Å². The highest BCUT2D eigenvalue weighted by Crippen LogP contribution is 2.36. The van der Waals surface area contributed by atoms with E-state index in [4.69, 9.17) is 9.15 Å². The molecule has 1 aliphatic carbocycles. The molecule has 1 aromatic heterocycles. The lowest BCUT2D eigenvalue weighted by atomic mass is 9.78. The molecule has 1 aliphatic heterocycles. The maximum Gasteiger partial charge on any atom is 0.310 e. The third-order valence-electron chi connectivity index (χ3n) is 5.92. The van der Waals surface area contributed by atoms with Gasteiger partial charge in [0.05, 0.1) is 24.6 Å². The summed E-state index contributed by atoms with van der Waals surface area (Å²) in [6, 6.07) is 11.4. The summed E-state index contributed by atoms with van der Waals surface area (Å²) in [6.45, 7) is 0.525. The van der Waals surface area contributed by atoms with Gasteiger partial charge in [0.25, 0.3) is 5.91 Å². The first kappa shape index (κ1) is 20.2. The third kappa shape index (κ3) is 4.40. The van der Waals surface area contributed by atoms with Crippen LogP contribution in [0.4, 0.5) is 5.69 Å². The zero-order valence-corrected chi connectivity index (χ0v) is 16.8. The van der Waals surface area contributed by atoms with E-state index in [1.54, 1.807) is 12.1 Å². The first-order chi connectivity index (χ1) is 14.6. The summed E-state index contributed by atoms with van der Waals surface area (Å²) in [5, 5.41) is 2.65. The first-order valence-electron chi connectivity index (χ1n) is 10.5. The molecule has 0 unspecified atom stereocenters. The summed E-state index contributed by atoms with van der Waals surface area (Å²) >= 11 is 0. The van der Waals surface area contributed by atoms with Crippen molar-refractivity contribution in [3.8, 4) is 0 Å². The van der Waals surface area contributed by atoms with E-state index >= 15 is 0 Å². The Bertz CT molecular complexity index is 908. The number of nitrogens with one attached hydrogen (secondary N) is 1. The molecule has 7 heteroatoms. The Labute approximate surface area is 175 Å². The summed E-state index contributed by atoms with van der Waals surface area (Å²) in [6.07, 6.45) is 5.44. The number of carbonyl (C=O) groups excluding carboxylic acids is 3. The zero-order valence-electron chi connectivity index (χ0n) is 16.8. The molecule has 0 radical (unpaired) electrons. The Kier molecular flexibility index (Phi) is 6.16. The van der Waals surface area contributed by atoms with Gasteiger partial charge in [-0.25, -0.2) is 0 Å². The van der Waals surface area contributed by atoms with Crippen molar-refractivity contribution >= 4 is 23.5 Å². The molecule has 2 amide bonds. The van der Waals surface area contributed by atoms with E-state index in [0.29, 0.717) is 25.1 Å². The van der Waals surface area contributed by atoms with Gasteiger partial charge in [0.1, 0.15) is 5.76 Å². The van der Waals surface area contributed by atoms with Gasteiger partial charge in [0, 0.05) is 12.2 Å². The normalized spacial score (nSPS) is 20.5. The number of anilines is 1. The van der Waals surface area contributed by atoms with Gasteiger partial charge in [-0.05, 0) is 43.0 Å². The number of nitrogens with zero attached hydrogens (tertiary/aromatic N) is 1. The Balaban J connectivity index is 1.34. The molecule has 2 aromatic rings. The zero-order chi connectivity index (χ0) is 20.9. The Morgan fingerprint density at radius 3 is 2.67 bits per heavy atom. The van der Waals surface area contributed by atoms with E-state index in [1.165, 1.54) is 6.26 Å². The number of amides is 2. The minimum atomic E-state index is -0.503. The number of furan rings is 1. The van der Waals surface area contributed by atoms with Crippen LogP contribution >= 0.6 is 0 Å². The van der Waals surface area contributed by atoms with Crippen LogP contribution in [-0.4, -0.2) is 30.9 Å². The van der Waals surface area contributed by atoms with Gasteiger partial charge in [-0.1, -0.05) is 31.0 Å². The highest BCUT2D eigenvalue weighted by atomic mass is 16.5. The minimum Gasteiger partial charge on any atom is -0.467 e. The van der Waals surface area contributed by atoms with Crippen LogP contribution in [0.25, 0.3) is 0 Å². The van der Waals surface area contributed by atoms with Crippen molar-refractivity contribution in [2.75, 3.05) is 18.1 Å². The van der Waals surface area contributed by atoms with Crippen LogP contribution in [0.1, 0.15) is 37.0 Å². The maximum absolute atomic E-state index is 13.3. The van der Waals surface area contributed by atoms with Gasteiger partial charge in [0.2, 0.25) is 5.91 Å². The standard InChI is InChI=1S/C23H26N2O5/c26-21(24-14-17-7-5-13-29-17)15-30-23(28)19-9-3-2-8-18(19)22(27)25-12-11-16-6-1-4-10-20(16)25/h1,4-7,10,13,18-19H,2-3,8-9,11-12,14-15H2,(H,24,26)/t18-,19+/m1/s1. The molecular formula is C23H26N2O5. The summed E-state index contributed by atoms with van der Waals surface area (Å²) in [7, 11) is 0. The van der Waals surface area contributed by atoms with E-state index < -0.39 is 23.7 Å². The average Bonchev–Trinajstić information content (AvgIpc) is 3.45. The Morgan fingerprint density at radius 2 is 1.87 bits per heavy atom. The molecule has 1 fully saturated rings. The fraction of sp³-hybridized carbons (Fsp3) is 0.435. The third-order valence-corrected chi connectivity index (χ3v) is 5.92. The molecule has 2 heterocycles. The number of ether oxygens (including phenoxy) is 1. The second-order valence-corrected chi connectivity index (χ2v) is 7.83. The van der Waals surface area contributed by atoms with Crippen LogP contribution in [0, 0.1) is 11.8 Å². The van der Waals surface area contributed by atoms with Gasteiger partial charge >= 0.3 is 5.97 Å². The van der Waals surface area contributed by atoms with Crippen LogP contribution in [0.15, 0.2) is 47.1 Å². The topological polar surface area (TPSA) is 88.9 Å². The van der Waals surface area contributed by atoms with Gasteiger partial charge in [-0.3, -0.25) is 14.4 Å². The largest absolute Gasteiger partial charge is 0.467 e. The molecule has 1 aromatic carbocycles. The maximum atomic E-state index is 13.3. The summed E-state index contributed by atoms with van der Waals surface area (Å²) < 4.78 is 10.4. The molecule has 4 rings (SSSR count). The molecule has 7 nitrogen and oxygen atoms in total. The number of hydrogen-bond donors (Lipinski definition) is 1. The molecule has 0 saturated heterocycles. The van der Waals surface area contributed by atoms with Crippen molar-refractivity contribution < 1.29 is 23.5 Å². The van der Waals surface area contributed by atoms with E-state index in [0.717, 1.165) is 30.5 Å². The van der Waals surface area contributed by atoms with Crippen LogP contribution in [0.2, 0.25) is 0 Å². The van der Waals surface area contributed by atoms with Gasteiger partial charge in [-0.2, -0.15) is 0 Å². The number of para-hydroxylation sites is 1. The molecular weight excluding hydrogens is 384 g/mol. The number of fused-ring (bicyclic) bond motifs is 1. The van der Waals surface area contributed by atoms with Crippen LogP contribution in [0.3, 0.4) is 0 Å². The lowest BCUT2D eigenvalue weighted by Gasteiger charge is -2.32. The SMILES string of the molecule is O=C(COC(=O)[C@H]1CCCC[C@H]1C(=O)N1CCc2ccccc21)NCc1ccco1. The van der Waals surface area contributed by atoms with Crippen LogP contribution < -0.4 is 10.2 Å². The van der Waals surface area contributed by atoms with E-state index in [2.05, 4.69) is 5.32 Å². The van der Waals surface area contributed by atoms with Crippen molar-refractivity contribution in [3.63, 3.8) is 0 Å². The monoisotopic (exact) mass is 410 g/mol. The first-order valence-corrected chi connectivity index (χ1v) is 10.5. The fourth-order valence-corrected chi connectivity index (χ4v) is 4.37. The summed E-state index contributed by atoms with van der Waals surface area (Å²) in [4.78, 5) is 39.8. The number of hydrogen-bond acceptors (Lipinski definition) is 5. The Morgan fingerprint density at radius 1 is 1.07 bits per heavy atom. The van der Waals surface area contributed by atoms with Gasteiger partial charge in [0.15, 0.2) is 6.61 Å². The number of rotatable bonds is 6. The van der Waals surface area contributed by atoms with E-state index in [9.17, 15) is 14.4 Å². The summed E-state index contributed by atoms with van der Waals surface area (Å²) in [5.74, 6) is -1.15. The van der Waals surface area contributed by atoms with E-state index in [-0.39, 0.29) is 19.1 Å². The highest BCUT2D eigenvalue weighted by molar-refractivity contribution is 5.99. The molecule has 158 valence electrons. The van der Waals surface area contributed by atoms with Crippen molar-refractivity contribution in [3.05, 3.63) is 54.0 Å². The lowest BCUT2D eigenvalue weighted by Crippen LogP contribution is -2.43. The van der Waals surface area contributed by atoms with Crippen molar-refractivity contribution in [1.82, 2.24) is 5.32 Å². The van der Waals surface area contributed by atoms with E-state index in [1.807, 2.05) is 29.2 Å². The quantitative estimate of drug-likeness (QED) is 0.740. The second-order valence-electron chi connectivity index (χ2n) is 7.83. The summed E-state index contributed by atoms with van der Waals surface area (Å²) in [5.41, 5.74) is 2.10. The number of carbonyl (C=O) groups is 3. The van der Waals surface area contributed by atoms with Crippen LogP contribution in [-0.2, 0) is 32.1 Å². The van der Waals surface area contributed by atoms with Gasteiger partial charge < -0.3 is 19.4 Å².